The van der Waals surface area contributed by atoms with Crippen LogP contribution in [0.4, 0.5) is 0 Å². The largest absolute Gasteiger partial charge is 0.309 e. The van der Waals surface area contributed by atoms with Crippen molar-refractivity contribution in [3.8, 4) is 16.8 Å². The van der Waals surface area contributed by atoms with Crippen molar-refractivity contribution >= 4 is 33.4 Å². The molecule has 0 spiro atoms. The lowest BCUT2D eigenvalue weighted by Crippen LogP contribution is -2.15. The van der Waals surface area contributed by atoms with Gasteiger partial charge < -0.3 is 4.57 Å². The summed E-state index contributed by atoms with van der Waals surface area (Å²) >= 11 is 6.38. The molecule has 0 fully saturated rings. The molecule has 0 amide bonds. The molecule has 0 unspecified atom stereocenters. The van der Waals surface area contributed by atoms with Crippen LogP contribution in [0.5, 0.6) is 0 Å². The summed E-state index contributed by atoms with van der Waals surface area (Å²) in [6.45, 7) is 4.67. The van der Waals surface area contributed by atoms with Crippen molar-refractivity contribution in [1.82, 2.24) is 4.57 Å². The normalized spacial score (nSPS) is 14.3. The third-order valence-electron chi connectivity index (χ3n) is 6.42. The molecule has 1 nitrogen and oxygen atoms in total. The minimum atomic E-state index is -0.0829. The SMILES string of the molecule is CC1(C)c2ccc(Cl)cc2-c2ccc3c(c21)c1ccccc1n3-c1ccccc1. The summed E-state index contributed by atoms with van der Waals surface area (Å²) < 4.78 is 2.39. The minimum absolute atomic E-state index is 0.0829. The smallest absolute Gasteiger partial charge is 0.0544 e. The van der Waals surface area contributed by atoms with Gasteiger partial charge >= 0.3 is 0 Å². The number of aromatic nitrogens is 1. The second-order valence-corrected chi connectivity index (χ2v) is 8.82. The number of hydrogen-bond donors (Lipinski definition) is 0. The van der Waals surface area contributed by atoms with Crippen molar-refractivity contribution in [2.24, 2.45) is 0 Å². The fourth-order valence-corrected chi connectivity index (χ4v) is 5.38. The molecular formula is C27H20ClN. The highest BCUT2D eigenvalue weighted by atomic mass is 35.5. The lowest BCUT2D eigenvalue weighted by Gasteiger charge is -2.22. The Balaban J connectivity index is 1.82. The maximum Gasteiger partial charge on any atom is 0.0544 e. The highest BCUT2D eigenvalue weighted by molar-refractivity contribution is 6.31. The lowest BCUT2D eigenvalue weighted by molar-refractivity contribution is 0.666. The zero-order valence-corrected chi connectivity index (χ0v) is 17.2. The van der Waals surface area contributed by atoms with Crippen molar-refractivity contribution in [1.29, 1.82) is 0 Å². The van der Waals surface area contributed by atoms with Gasteiger partial charge in [-0.1, -0.05) is 74.0 Å². The Kier molecular flexibility index (Phi) is 3.34. The molecule has 29 heavy (non-hydrogen) atoms. The fourth-order valence-electron chi connectivity index (χ4n) is 5.21. The maximum absolute atomic E-state index is 6.38. The summed E-state index contributed by atoms with van der Waals surface area (Å²) in [4.78, 5) is 0. The van der Waals surface area contributed by atoms with Gasteiger partial charge in [-0.15, -0.1) is 0 Å². The second-order valence-electron chi connectivity index (χ2n) is 8.39. The molecule has 0 radical (unpaired) electrons. The summed E-state index contributed by atoms with van der Waals surface area (Å²) in [5.41, 5.74) is 8.91. The molecule has 4 aromatic carbocycles. The molecule has 1 aliphatic carbocycles. The van der Waals surface area contributed by atoms with E-state index in [0.29, 0.717) is 0 Å². The van der Waals surface area contributed by atoms with Gasteiger partial charge in [0, 0.05) is 26.9 Å². The lowest BCUT2D eigenvalue weighted by atomic mass is 9.80. The number of rotatable bonds is 1. The molecule has 0 N–H and O–H groups in total. The first-order chi connectivity index (χ1) is 14.1. The molecule has 1 aromatic heterocycles. The van der Waals surface area contributed by atoms with Crippen LogP contribution in [-0.4, -0.2) is 4.57 Å². The highest BCUT2D eigenvalue weighted by Crippen LogP contribution is 2.53. The third kappa shape index (κ3) is 2.17. The number of halogens is 1. The van der Waals surface area contributed by atoms with Crippen LogP contribution in [0.25, 0.3) is 38.6 Å². The Morgan fingerprint density at radius 3 is 2.31 bits per heavy atom. The van der Waals surface area contributed by atoms with E-state index in [0.717, 1.165) is 5.02 Å². The third-order valence-corrected chi connectivity index (χ3v) is 6.66. The first-order valence-electron chi connectivity index (χ1n) is 10.00. The number of nitrogens with zero attached hydrogens (tertiary/aromatic N) is 1. The molecule has 0 saturated carbocycles. The molecule has 0 atom stereocenters. The van der Waals surface area contributed by atoms with Crippen LogP contribution in [0.3, 0.4) is 0 Å². The van der Waals surface area contributed by atoms with E-state index in [-0.39, 0.29) is 5.41 Å². The Hall–Kier alpha value is -3.03. The van der Waals surface area contributed by atoms with Crippen molar-refractivity contribution in [3.63, 3.8) is 0 Å². The van der Waals surface area contributed by atoms with E-state index in [9.17, 15) is 0 Å². The van der Waals surface area contributed by atoms with Crippen LogP contribution < -0.4 is 0 Å². The van der Waals surface area contributed by atoms with Crippen LogP contribution in [-0.2, 0) is 5.41 Å². The summed E-state index contributed by atoms with van der Waals surface area (Å²) in [7, 11) is 0. The van der Waals surface area contributed by atoms with Crippen molar-refractivity contribution in [3.05, 3.63) is 101 Å². The van der Waals surface area contributed by atoms with Gasteiger partial charge in [0.25, 0.3) is 0 Å². The number of hydrogen-bond acceptors (Lipinski definition) is 0. The van der Waals surface area contributed by atoms with E-state index in [2.05, 4.69) is 97.3 Å². The van der Waals surface area contributed by atoms with Gasteiger partial charge in [-0.3, -0.25) is 0 Å². The topological polar surface area (TPSA) is 4.93 Å². The zero-order valence-electron chi connectivity index (χ0n) is 16.4. The van der Waals surface area contributed by atoms with Crippen LogP contribution in [0.15, 0.2) is 84.9 Å². The van der Waals surface area contributed by atoms with Gasteiger partial charge in [0.05, 0.1) is 11.0 Å². The zero-order chi connectivity index (χ0) is 19.8. The number of fused-ring (bicyclic) bond motifs is 7. The molecule has 0 aliphatic heterocycles. The quantitative estimate of drug-likeness (QED) is 0.274. The monoisotopic (exact) mass is 393 g/mol. The molecule has 2 heteroatoms. The van der Waals surface area contributed by atoms with Gasteiger partial charge in [-0.2, -0.15) is 0 Å². The van der Waals surface area contributed by atoms with E-state index in [1.165, 1.54) is 49.7 Å². The molecule has 6 rings (SSSR count). The van der Waals surface area contributed by atoms with Crippen molar-refractivity contribution in [2.45, 2.75) is 19.3 Å². The van der Waals surface area contributed by atoms with Gasteiger partial charge in [-0.05, 0) is 58.7 Å². The molecule has 5 aromatic rings. The van der Waals surface area contributed by atoms with Crippen LogP contribution in [0, 0.1) is 0 Å². The predicted molar refractivity (Wildman–Crippen MR) is 123 cm³/mol. The van der Waals surface area contributed by atoms with E-state index < -0.39 is 0 Å². The summed E-state index contributed by atoms with van der Waals surface area (Å²) in [5, 5.41) is 3.44. The molecule has 0 bridgehead atoms. The first kappa shape index (κ1) is 16.9. The molecular weight excluding hydrogens is 374 g/mol. The average molecular weight is 394 g/mol. The maximum atomic E-state index is 6.38. The van der Waals surface area contributed by atoms with Gasteiger partial charge in [-0.25, -0.2) is 0 Å². The molecule has 1 aliphatic rings. The summed E-state index contributed by atoms with van der Waals surface area (Å²) in [6.07, 6.45) is 0. The molecule has 1 heterocycles. The van der Waals surface area contributed by atoms with E-state index in [1.54, 1.807) is 0 Å². The van der Waals surface area contributed by atoms with E-state index in [1.807, 2.05) is 6.07 Å². The highest BCUT2D eigenvalue weighted by Gasteiger charge is 2.38. The molecule has 0 saturated heterocycles. The molecule has 140 valence electrons. The first-order valence-corrected chi connectivity index (χ1v) is 10.4. The van der Waals surface area contributed by atoms with Crippen molar-refractivity contribution < 1.29 is 0 Å². The Morgan fingerprint density at radius 1 is 0.724 bits per heavy atom. The Labute approximate surface area is 175 Å². The Morgan fingerprint density at radius 2 is 1.48 bits per heavy atom. The predicted octanol–water partition coefficient (Wildman–Crippen LogP) is 7.74. The fraction of sp³-hybridized carbons (Fsp3) is 0.111. The second kappa shape index (κ2) is 5.75. The van der Waals surface area contributed by atoms with Gasteiger partial charge in [0.1, 0.15) is 0 Å². The number of para-hydroxylation sites is 2. The summed E-state index contributed by atoms with van der Waals surface area (Å²) in [5.74, 6) is 0. The van der Waals surface area contributed by atoms with E-state index in [4.69, 9.17) is 11.6 Å². The van der Waals surface area contributed by atoms with E-state index >= 15 is 0 Å². The van der Waals surface area contributed by atoms with Crippen LogP contribution in [0.2, 0.25) is 5.02 Å². The van der Waals surface area contributed by atoms with Crippen LogP contribution in [0.1, 0.15) is 25.0 Å². The standard InChI is InChI=1S/C27H20ClN/c1-27(2)22-14-12-17(28)16-21(22)19-13-15-24-25(26(19)27)20-10-6-7-11-23(20)29(24)18-8-4-3-5-9-18/h3-16H,1-2H3. The average Bonchev–Trinajstić information content (AvgIpc) is 3.18. The van der Waals surface area contributed by atoms with Gasteiger partial charge in [0.15, 0.2) is 0 Å². The van der Waals surface area contributed by atoms with Crippen LogP contribution >= 0.6 is 11.6 Å². The summed E-state index contributed by atoms with van der Waals surface area (Å²) in [6, 6.07) is 30.2. The Bertz CT molecular complexity index is 1420. The minimum Gasteiger partial charge on any atom is -0.309 e. The number of benzene rings is 4. The van der Waals surface area contributed by atoms with Crippen molar-refractivity contribution in [2.75, 3.05) is 0 Å². The van der Waals surface area contributed by atoms with Gasteiger partial charge in [0.2, 0.25) is 0 Å².